The molecule has 0 spiro atoms. The smallest absolute Gasteiger partial charge is 0.449 e. The first-order valence-electron chi connectivity index (χ1n) is 14.2. The lowest BCUT2D eigenvalue weighted by molar-refractivity contribution is -0.846. The molecule has 3 aromatic rings. The SMILES string of the molecule is Cc1cc(N2CCC([N+](C)(C3CCc4ccc(OC(=O)O)cc43)S(=O)(=O)Cc3ccccc3C(F)(F)F)CC2)cc(C)n1. The van der Waals surface area contributed by atoms with Crippen molar-refractivity contribution in [2.24, 2.45) is 0 Å². The minimum Gasteiger partial charge on any atom is -0.449 e. The third-order valence-electron chi connectivity index (χ3n) is 8.87. The van der Waals surface area contributed by atoms with Crippen molar-refractivity contribution < 1.29 is 40.1 Å². The molecule has 1 aliphatic carbocycles. The Morgan fingerprint density at radius 2 is 1.70 bits per heavy atom. The number of pyridine rings is 1. The molecule has 0 bridgehead atoms. The Morgan fingerprint density at radius 1 is 1.05 bits per heavy atom. The van der Waals surface area contributed by atoms with Gasteiger partial charge in [0.1, 0.15) is 23.6 Å². The normalized spacial score (nSPS) is 19.1. The van der Waals surface area contributed by atoms with Crippen molar-refractivity contribution >= 4 is 21.9 Å². The van der Waals surface area contributed by atoms with E-state index in [1.54, 1.807) is 19.2 Å². The standard InChI is InChI=1S/C31H34F3N3O5S/c1-20-16-24(17-21(2)35-20)36-14-12-25(13-15-36)37(3,29-11-9-22-8-10-26(18-27(22)29)42-30(38)39)43(40,41)19-23-6-4-5-7-28(23)31(32,33)34/h4-8,10,16-18,25,29H,9,11-15,19H2,1-3H3/p+1. The number of aryl methyl sites for hydroxylation is 3. The van der Waals surface area contributed by atoms with Crippen LogP contribution in [0.1, 0.15) is 58.9 Å². The van der Waals surface area contributed by atoms with Crippen molar-refractivity contribution in [3.05, 3.63) is 88.2 Å². The summed E-state index contributed by atoms with van der Waals surface area (Å²) in [7, 11) is -2.64. The van der Waals surface area contributed by atoms with Crippen LogP contribution in [0.3, 0.4) is 0 Å². The van der Waals surface area contributed by atoms with Crippen molar-refractivity contribution in [1.82, 2.24) is 4.98 Å². The summed E-state index contributed by atoms with van der Waals surface area (Å²) in [6.45, 7) is 4.97. The Kier molecular flexibility index (Phi) is 8.21. The molecule has 2 unspecified atom stereocenters. The van der Waals surface area contributed by atoms with E-state index in [-0.39, 0.29) is 11.3 Å². The van der Waals surface area contributed by atoms with Crippen molar-refractivity contribution in [3.8, 4) is 5.75 Å². The maximum absolute atomic E-state index is 14.6. The third-order valence-corrected chi connectivity index (χ3v) is 11.3. The van der Waals surface area contributed by atoms with Crippen LogP contribution < -0.4 is 9.64 Å². The third kappa shape index (κ3) is 6.08. The van der Waals surface area contributed by atoms with Crippen LogP contribution in [-0.4, -0.2) is 54.7 Å². The number of carboxylic acid groups (broad SMARTS) is 1. The highest BCUT2D eigenvalue weighted by Gasteiger charge is 2.54. The van der Waals surface area contributed by atoms with Gasteiger partial charge >= 0.3 is 22.4 Å². The second-order valence-electron chi connectivity index (χ2n) is 11.5. The highest BCUT2D eigenvalue weighted by molar-refractivity contribution is 7.85. The number of halogens is 3. The topological polar surface area (TPSA) is 96.8 Å². The van der Waals surface area contributed by atoms with E-state index in [1.165, 1.54) is 24.3 Å². The van der Waals surface area contributed by atoms with E-state index < -0.39 is 49.6 Å². The molecule has 2 aromatic carbocycles. The van der Waals surface area contributed by atoms with Crippen LogP contribution in [0.15, 0.2) is 54.6 Å². The van der Waals surface area contributed by atoms with Gasteiger partial charge in [-0.15, -0.1) is 0 Å². The second kappa shape index (κ2) is 11.5. The van der Waals surface area contributed by atoms with E-state index in [2.05, 4.69) is 9.88 Å². The molecule has 8 nitrogen and oxygen atoms in total. The lowest BCUT2D eigenvalue weighted by atomic mass is 9.98. The number of nitrogens with zero attached hydrogens (tertiary/aromatic N) is 3. The number of rotatable bonds is 7. The summed E-state index contributed by atoms with van der Waals surface area (Å²) in [6, 6.07) is 12.6. The maximum Gasteiger partial charge on any atom is 0.511 e. The van der Waals surface area contributed by atoms with Crippen molar-refractivity contribution in [2.75, 3.05) is 25.0 Å². The Hall–Kier alpha value is -3.64. The van der Waals surface area contributed by atoms with E-state index in [4.69, 9.17) is 9.84 Å². The number of aromatic nitrogens is 1. The van der Waals surface area contributed by atoms with E-state index in [0.29, 0.717) is 44.3 Å². The molecule has 43 heavy (non-hydrogen) atoms. The van der Waals surface area contributed by atoms with Crippen LogP contribution in [0.4, 0.5) is 23.7 Å². The first kappa shape index (κ1) is 30.8. The first-order chi connectivity index (χ1) is 20.2. The fourth-order valence-corrected chi connectivity index (χ4v) is 9.02. The number of piperidine rings is 1. The molecular formula is C31H35F3N3O5S+. The molecule has 0 radical (unpaired) electrons. The molecular weight excluding hydrogens is 583 g/mol. The minimum atomic E-state index is -4.70. The van der Waals surface area contributed by atoms with Gasteiger partial charge < -0.3 is 14.7 Å². The largest absolute Gasteiger partial charge is 0.511 e. The van der Waals surface area contributed by atoms with E-state index in [9.17, 15) is 26.4 Å². The zero-order valence-electron chi connectivity index (χ0n) is 24.3. The summed E-state index contributed by atoms with van der Waals surface area (Å²) in [5.74, 6) is -0.706. The number of sulfonamides is 1. The molecule has 1 fully saturated rings. The zero-order chi connectivity index (χ0) is 31.2. The summed E-state index contributed by atoms with van der Waals surface area (Å²) in [4.78, 5) is 17.9. The number of hydrogen-bond acceptors (Lipinski definition) is 6. The number of benzene rings is 2. The predicted molar refractivity (Wildman–Crippen MR) is 155 cm³/mol. The quantitative estimate of drug-likeness (QED) is 0.186. The van der Waals surface area contributed by atoms with Crippen LogP contribution in [0.2, 0.25) is 0 Å². The maximum atomic E-state index is 14.6. The number of alkyl halides is 3. The Balaban J connectivity index is 1.55. The van der Waals surface area contributed by atoms with Crippen LogP contribution in [0, 0.1) is 13.8 Å². The molecule has 0 saturated carbocycles. The number of hydrogen-bond donors (Lipinski definition) is 1. The van der Waals surface area contributed by atoms with Gasteiger partial charge in [-0.05, 0) is 61.7 Å². The van der Waals surface area contributed by atoms with Gasteiger partial charge in [0.2, 0.25) is 0 Å². The second-order valence-corrected chi connectivity index (χ2v) is 13.8. The molecule has 2 atom stereocenters. The Labute approximate surface area is 249 Å². The molecule has 1 saturated heterocycles. The summed E-state index contributed by atoms with van der Waals surface area (Å²) in [5.41, 5.74) is 3.03. The summed E-state index contributed by atoms with van der Waals surface area (Å²) in [5, 5.41) is 9.16. The van der Waals surface area contributed by atoms with Crippen molar-refractivity contribution in [1.29, 1.82) is 0 Å². The van der Waals surface area contributed by atoms with Gasteiger partial charge in [-0.3, -0.25) is 4.98 Å². The number of anilines is 1. The van der Waals surface area contributed by atoms with Crippen molar-refractivity contribution in [2.45, 2.75) is 63.5 Å². The highest BCUT2D eigenvalue weighted by atomic mass is 32.2. The molecule has 0 amide bonds. The Morgan fingerprint density at radius 3 is 2.33 bits per heavy atom. The molecule has 1 aliphatic heterocycles. The summed E-state index contributed by atoms with van der Waals surface area (Å²) in [6.07, 6.45) is -4.19. The fraction of sp³-hybridized carbons (Fsp3) is 0.419. The fourth-order valence-electron chi connectivity index (χ4n) is 6.82. The molecule has 1 aromatic heterocycles. The van der Waals surface area contributed by atoms with Gasteiger partial charge in [-0.25, -0.2) is 8.68 Å². The number of ether oxygens (including phenoxy) is 1. The first-order valence-corrected chi connectivity index (χ1v) is 15.8. The average molecular weight is 619 g/mol. The van der Waals surface area contributed by atoms with Gasteiger partial charge in [0.25, 0.3) is 0 Å². The summed E-state index contributed by atoms with van der Waals surface area (Å²) >= 11 is 0. The minimum absolute atomic E-state index is 0.0720. The lowest BCUT2D eigenvalue weighted by Gasteiger charge is -2.47. The molecule has 230 valence electrons. The van der Waals surface area contributed by atoms with E-state index >= 15 is 0 Å². The van der Waals surface area contributed by atoms with Gasteiger partial charge in [0.05, 0.1) is 12.6 Å². The number of fused-ring (bicyclic) bond motifs is 1. The van der Waals surface area contributed by atoms with Gasteiger partial charge in [0, 0.05) is 55.0 Å². The predicted octanol–water partition coefficient (Wildman–Crippen LogP) is 6.41. The van der Waals surface area contributed by atoms with E-state index in [0.717, 1.165) is 28.7 Å². The molecule has 12 heteroatoms. The number of quaternary nitrogens is 1. The zero-order valence-corrected chi connectivity index (χ0v) is 25.1. The average Bonchev–Trinajstić information content (AvgIpc) is 3.35. The summed E-state index contributed by atoms with van der Waals surface area (Å²) < 4.78 is 75.3. The molecule has 2 aliphatic rings. The van der Waals surface area contributed by atoms with Crippen molar-refractivity contribution in [3.63, 3.8) is 0 Å². The van der Waals surface area contributed by atoms with Gasteiger partial charge in [-0.2, -0.15) is 21.6 Å². The molecule has 1 N–H and O–H groups in total. The van der Waals surface area contributed by atoms with Crippen LogP contribution in [0.5, 0.6) is 5.75 Å². The van der Waals surface area contributed by atoms with Gasteiger partial charge in [-0.1, -0.05) is 24.3 Å². The highest BCUT2D eigenvalue weighted by Crippen LogP contribution is 2.48. The van der Waals surface area contributed by atoms with Gasteiger partial charge in [0.15, 0.2) is 0 Å². The Bertz CT molecular complexity index is 1620. The monoisotopic (exact) mass is 618 g/mol. The molecule has 2 heterocycles. The number of carbonyl (C=O) groups is 1. The molecule has 5 rings (SSSR count). The van der Waals surface area contributed by atoms with Crippen LogP contribution >= 0.6 is 0 Å². The van der Waals surface area contributed by atoms with E-state index in [1.807, 2.05) is 26.0 Å². The van der Waals surface area contributed by atoms with Crippen LogP contribution in [-0.2, 0) is 28.4 Å². The van der Waals surface area contributed by atoms with Crippen LogP contribution in [0.25, 0.3) is 0 Å². The lowest BCUT2D eigenvalue weighted by Crippen LogP contribution is -2.60.